The molecule has 2 rings (SSSR count). The molecule has 0 heterocycles. The van der Waals surface area contributed by atoms with E-state index < -0.39 is 0 Å². The molecule has 110 valence electrons. The summed E-state index contributed by atoms with van der Waals surface area (Å²) in [4.78, 5) is 12.0. The van der Waals surface area contributed by atoms with Crippen LogP contribution in [0.1, 0.15) is 35.7 Å². The van der Waals surface area contributed by atoms with Crippen molar-refractivity contribution in [3.05, 3.63) is 59.7 Å². The molecule has 0 bridgehead atoms. The molecule has 0 aliphatic heterocycles. The second-order valence-corrected chi connectivity index (χ2v) is 4.87. The average molecular weight is 284 g/mol. The molecule has 0 spiro atoms. The van der Waals surface area contributed by atoms with Crippen LogP contribution in [0.4, 0.5) is 0 Å². The van der Waals surface area contributed by atoms with Gasteiger partial charge in [0, 0.05) is 0 Å². The van der Waals surface area contributed by atoms with Gasteiger partial charge in [0.05, 0.1) is 12.7 Å². The highest BCUT2D eigenvalue weighted by molar-refractivity contribution is 5.91. The van der Waals surface area contributed by atoms with Crippen LogP contribution in [-0.4, -0.2) is 13.1 Å². The van der Waals surface area contributed by atoms with Crippen LogP contribution in [0.3, 0.4) is 0 Å². The average Bonchev–Trinajstić information content (AvgIpc) is 2.54. The van der Waals surface area contributed by atoms with E-state index in [-0.39, 0.29) is 5.97 Å². The lowest BCUT2D eigenvalue weighted by molar-refractivity contribution is 0.0734. The SMILES string of the molecule is CCCCc1ccc(OC(=O)c2ccc(OC)cc2)cc1. The summed E-state index contributed by atoms with van der Waals surface area (Å²) in [5.74, 6) is 0.918. The minimum absolute atomic E-state index is 0.362. The number of hydrogen-bond acceptors (Lipinski definition) is 3. The number of hydrogen-bond donors (Lipinski definition) is 0. The summed E-state index contributed by atoms with van der Waals surface area (Å²) in [6, 6.07) is 14.6. The lowest BCUT2D eigenvalue weighted by Gasteiger charge is -2.06. The summed E-state index contributed by atoms with van der Waals surface area (Å²) >= 11 is 0. The molecule has 0 saturated carbocycles. The van der Waals surface area contributed by atoms with Crippen molar-refractivity contribution in [2.24, 2.45) is 0 Å². The number of ether oxygens (including phenoxy) is 2. The summed E-state index contributed by atoms with van der Waals surface area (Å²) in [7, 11) is 1.59. The van der Waals surface area contributed by atoms with Crippen LogP contribution in [0.25, 0.3) is 0 Å². The van der Waals surface area contributed by atoms with Gasteiger partial charge in [0.15, 0.2) is 0 Å². The third kappa shape index (κ3) is 4.35. The highest BCUT2D eigenvalue weighted by atomic mass is 16.5. The van der Waals surface area contributed by atoms with Gasteiger partial charge in [-0.2, -0.15) is 0 Å². The lowest BCUT2D eigenvalue weighted by atomic mass is 10.1. The first-order valence-electron chi connectivity index (χ1n) is 7.18. The monoisotopic (exact) mass is 284 g/mol. The summed E-state index contributed by atoms with van der Waals surface area (Å²) in [6.07, 6.45) is 3.41. The summed E-state index contributed by atoms with van der Waals surface area (Å²) in [5.41, 5.74) is 1.77. The zero-order valence-corrected chi connectivity index (χ0v) is 12.5. The third-order valence-corrected chi connectivity index (χ3v) is 3.28. The van der Waals surface area contributed by atoms with Gasteiger partial charge in [0.2, 0.25) is 0 Å². The maximum Gasteiger partial charge on any atom is 0.343 e. The first-order chi connectivity index (χ1) is 10.2. The molecule has 21 heavy (non-hydrogen) atoms. The fraction of sp³-hybridized carbons (Fsp3) is 0.278. The molecule has 0 unspecified atom stereocenters. The molecule has 0 aromatic heterocycles. The number of methoxy groups -OCH3 is 1. The zero-order valence-electron chi connectivity index (χ0n) is 12.5. The van der Waals surface area contributed by atoms with Crippen molar-refractivity contribution in [3.63, 3.8) is 0 Å². The molecule has 0 amide bonds. The molecule has 3 nitrogen and oxygen atoms in total. The van der Waals surface area contributed by atoms with E-state index in [9.17, 15) is 4.79 Å². The molecular weight excluding hydrogens is 264 g/mol. The molecule has 2 aromatic rings. The van der Waals surface area contributed by atoms with E-state index in [1.54, 1.807) is 31.4 Å². The van der Waals surface area contributed by atoms with E-state index in [1.165, 1.54) is 18.4 Å². The van der Waals surface area contributed by atoms with Crippen LogP contribution in [0, 0.1) is 0 Å². The first kappa shape index (κ1) is 15.1. The minimum atomic E-state index is -0.362. The minimum Gasteiger partial charge on any atom is -0.497 e. The molecule has 3 heteroatoms. The van der Waals surface area contributed by atoms with Crippen molar-refractivity contribution in [1.82, 2.24) is 0 Å². The highest BCUT2D eigenvalue weighted by Crippen LogP contribution is 2.17. The Morgan fingerprint density at radius 2 is 1.57 bits per heavy atom. The van der Waals surface area contributed by atoms with Crippen molar-refractivity contribution in [2.75, 3.05) is 7.11 Å². The van der Waals surface area contributed by atoms with Gasteiger partial charge in [-0.25, -0.2) is 4.79 Å². The second-order valence-electron chi connectivity index (χ2n) is 4.87. The number of aryl methyl sites for hydroxylation is 1. The van der Waals surface area contributed by atoms with Gasteiger partial charge in [-0.3, -0.25) is 0 Å². The van der Waals surface area contributed by atoms with E-state index in [1.807, 2.05) is 24.3 Å². The van der Waals surface area contributed by atoms with E-state index in [0.717, 1.165) is 6.42 Å². The Hall–Kier alpha value is -2.29. The predicted molar refractivity (Wildman–Crippen MR) is 83.0 cm³/mol. The fourth-order valence-corrected chi connectivity index (χ4v) is 2.00. The summed E-state index contributed by atoms with van der Waals surface area (Å²) in [5, 5.41) is 0. The number of unbranched alkanes of at least 4 members (excludes halogenated alkanes) is 1. The molecule has 0 aliphatic rings. The molecule has 0 aliphatic carbocycles. The Morgan fingerprint density at radius 3 is 2.14 bits per heavy atom. The van der Waals surface area contributed by atoms with Crippen LogP contribution in [0.2, 0.25) is 0 Å². The van der Waals surface area contributed by atoms with Gasteiger partial charge < -0.3 is 9.47 Å². The summed E-state index contributed by atoms with van der Waals surface area (Å²) in [6.45, 7) is 2.17. The van der Waals surface area contributed by atoms with Gasteiger partial charge >= 0.3 is 5.97 Å². The Morgan fingerprint density at radius 1 is 0.952 bits per heavy atom. The van der Waals surface area contributed by atoms with E-state index in [0.29, 0.717) is 17.1 Å². The van der Waals surface area contributed by atoms with Crippen molar-refractivity contribution in [1.29, 1.82) is 0 Å². The lowest BCUT2D eigenvalue weighted by Crippen LogP contribution is -2.08. The maximum atomic E-state index is 12.0. The quantitative estimate of drug-likeness (QED) is 0.587. The smallest absolute Gasteiger partial charge is 0.343 e. The van der Waals surface area contributed by atoms with Crippen molar-refractivity contribution >= 4 is 5.97 Å². The van der Waals surface area contributed by atoms with Crippen molar-refractivity contribution in [2.45, 2.75) is 26.2 Å². The highest BCUT2D eigenvalue weighted by Gasteiger charge is 2.08. The molecule has 0 N–H and O–H groups in total. The molecule has 0 radical (unpaired) electrons. The normalized spacial score (nSPS) is 10.2. The van der Waals surface area contributed by atoms with E-state index in [4.69, 9.17) is 9.47 Å². The van der Waals surface area contributed by atoms with Crippen molar-refractivity contribution < 1.29 is 14.3 Å². The molecule has 0 atom stereocenters. The Bertz CT molecular complexity index is 570. The van der Waals surface area contributed by atoms with E-state index in [2.05, 4.69) is 6.92 Å². The number of carbonyl (C=O) groups is 1. The predicted octanol–water partition coefficient (Wildman–Crippen LogP) is 4.26. The number of benzene rings is 2. The summed E-state index contributed by atoms with van der Waals surface area (Å²) < 4.78 is 10.4. The first-order valence-corrected chi connectivity index (χ1v) is 7.18. The maximum absolute atomic E-state index is 12.0. The van der Waals surface area contributed by atoms with Gasteiger partial charge in [-0.05, 0) is 54.8 Å². The van der Waals surface area contributed by atoms with Crippen LogP contribution in [0.15, 0.2) is 48.5 Å². The molecule has 2 aromatic carbocycles. The fourth-order valence-electron chi connectivity index (χ4n) is 2.00. The second kappa shape index (κ2) is 7.48. The van der Waals surface area contributed by atoms with Crippen LogP contribution >= 0.6 is 0 Å². The van der Waals surface area contributed by atoms with Crippen LogP contribution < -0.4 is 9.47 Å². The molecule has 0 fully saturated rings. The van der Waals surface area contributed by atoms with Crippen LogP contribution in [0.5, 0.6) is 11.5 Å². The number of rotatable bonds is 6. The molecular formula is C18H20O3. The number of carbonyl (C=O) groups excluding carboxylic acids is 1. The topological polar surface area (TPSA) is 35.5 Å². The van der Waals surface area contributed by atoms with Gasteiger partial charge in [-0.1, -0.05) is 25.5 Å². The van der Waals surface area contributed by atoms with Crippen molar-refractivity contribution in [3.8, 4) is 11.5 Å². The number of esters is 1. The molecule has 0 saturated heterocycles. The standard InChI is InChI=1S/C18H20O3/c1-3-4-5-14-6-10-17(11-7-14)21-18(19)15-8-12-16(20-2)13-9-15/h6-13H,3-5H2,1-2H3. The Labute approximate surface area is 125 Å². The largest absolute Gasteiger partial charge is 0.497 e. The third-order valence-electron chi connectivity index (χ3n) is 3.28. The van der Waals surface area contributed by atoms with Crippen LogP contribution in [-0.2, 0) is 6.42 Å². The zero-order chi connectivity index (χ0) is 15.1. The Kier molecular flexibility index (Phi) is 5.38. The van der Waals surface area contributed by atoms with E-state index >= 15 is 0 Å². The van der Waals surface area contributed by atoms with Gasteiger partial charge in [0.1, 0.15) is 11.5 Å². The van der Waals surface area contributed by atoms with Gasteiger partial charge in [0.25, 0.3) is 0 Å². The van der Waals surface area contributed by atoms with Gasteiger partial charge in [-0.15, -0.1) is 0 Å². The Balaban J connectivity index is 1.98.